The lowest BCUT2D eigenvalue weighted by atomic mass is 10.3. The smallest absolute Gasteiger partial charge is 0.251 e. The molecule has 3 aromatic heterocycles. The van der Waals surface area contributed by atoms with E-state index in [0.29, 0.717) is 17.4 Å². The summed E-state index contributed by atoms with van der Waals surface area (Å²) in [7, 11) is 0. The normalized spacial score (nSPS) is 10.6. The number of thioether (sulfide) groups is 1. The summed E-state index contributed by atoms with van der Waals surface area (Å²) < 4.78 is 0. The summed E-state index contributed by atoms with van der Waals surface area (Å²) in [5.74, 6) is -0.481. The van der Waals surface area contributed by atoms with Crippen LogP contribution in [-0.4, -0.2) is 37.7 Å². The van der Waals surface area contributed by atoms with Gasteiger partial charge in [-0.2, -0.15) is 0 Å². The van der Waals surface area contributed by atoms with Gasteiger partial charge >= 0.3 is 0 Å². The van der Waals surface area contributed by atoms with Crippen molar-refractivity contribution in [2.75, 3.05) is 11.1 Å². The van der Waals surface area contributed by atoms with E-state index in [0.717, 1.165) is 21.6 Å². The van der Waals surface area contributed by atoms with Crippen molar-refractivity contribution in [3.05, 3.63) is 49.5 Å². The third kappa shape index (κ3) is 6.25. The van der Waals surface area contributed by atoms with Gasteiger partial charge in [-0.05, 0) is 18.4 Å². The lowest BCUT2D eigenvalue weighted by Crippen LogP contribution is -2.25. The average molecular weight is 437 g/mol. The number of thiophene rings is 1. The van der Waals surface area contributed by atoms with Crippen molar-refractivity contribution in [3.63, 3.8) is 0 Å². The molecular weight excluding hydrogens is 420 g/mol. The van der Waals surface area contributed by atoms with E-state index in [2.05, 4.69) is 30.8 Å². The zero-order chi connectivity index (χ0) is 19.9. The van der Waals surface area contributed by atoms with E-state index < -0.39 is 0 Å². The molecular formula is C16H16N6O3S3. The maximum atomic E-state index is 12.1. The van der Waals surface area contributed by atoms with Gasteiger partial charge in [-0.1, -0.05) is 29.2 Å². The van der Waals surface area contributed by atoms with Gasteiger partial charge in [0.05, 0.1) is 24.4 Å². The fourth-order valence-corrected chi connectivity index (χ4v) is 4.05. The fourth-order valence-electron chi connectivity index (χ4n) is 2.10. The largest absolute Gasteiger partial charge is 0.351 e. The minimum atomic E-state index is -0.376. The van der Waals surface area contributed by atoms with Gasteiger partial charge in [0.25, 0.3) is 5.56 Å². The highest BCUT2D eigenvalue weighted by atomic mass is 32.2. The van der Waals surface area contributed by atoms with Crippen molar-refractivity contribution < 1.29 is 9.59 Å². The van der Waals surface area contributed by atoms with Crippen LogP contribution in [0.1, 0.15) is 15.6 Å². The maximum absolute atomic E-state index is 12.1. The van der Waals surface area contributed by atoms with Gasteiger partial charge < -0.3 is 10.3 Å². The van der Waals surface area contributed by atoms with E-state index >= 15 is 0 Å². The number of H-pyrrole nitrogens is 1. The number of rotatable bonds is 8. The lowest BCUT2D eigenvalue weighted by molar-refractivity contribution is -0.120. The van der Waals surface area contributed by atoms with E-state index in [1.807, 2.05) is 17.5 Å². The second kappa shape index (κ2) is 9.57. The predicted molar refractivity (Wildman–Crippen MR) is 109 cm³/mol. The number of aromatic nitrogens is 4. The van der Waals surface area contributed by atoms with Crippen LogP contribution >= 0.6 is 34.4 Å². The number of aryl methyl sites for hydroxylation is 1. The van der Waals surface area contributed by atoms with Crippen LogP contribution in [0.4, 0.5) is 5.13 Å². The standard InChI is InChI=1S/C16H16N6O3S3/c1-9-21-22-16(28-9)20-14(25)8-27-15-18-10(6-13(24)19-15)5-12(23)17-7-11-3-2-4-26-11/h2-4,6H,5,7-8H2,1H3,(H,17,23)(H,18,19,24)(H,20,22,25). The Balaban J connectivity index is 1.52. The topological polar surface area (TPSA) is 130 Å². The molecule has 3 N–H and O–H groups in total. The SMILES string of the molecule is Cc1nnc(NC(=O)CSc2nc(CC(=O)NCc3cccs3)cc(=O)[nH]2)s1. The Morgan fingerprint density at radius 2 is 2.14 bits per heavy atom. The molecule has 3 rings (SSSR count). The molecule has 0 aliphatic rings. The van der Waals surface area contributed by atoms with Gasteiger partial charge in [0.15, 0.2) is 5.16 Å². The summed E-state index contributed by atoms with van der Waals surface area (Å²) in [6, 6.07) is 5.12. The molecule has 0 unspecified atom stereocenters. The van der Waals surface area contributed by atoms with Crippen LogP contribution in [0.15, 0.2) is 33.5 Å². The Morgan fingerprint density at radius 1 is 1.29 bits per heavy atom. The number of carbonyl (C=O) groups excluding carboxylic acids is 2. The van der Waals surface area contributed by atoms with E-state index in [1.54, 1.807) is 18.3 Å². The van der Waals surface area contributed by atoms with Crippen LogP contribution < -0.4 is 16.2 Å². The summed E-state index contributed by atoms with van der Waals surface area (Å²) in [4.78, 5) is 43.7. The molecule has 0 aromatic carbocycles. The lowest BCUT2D eigenvalue weighted by Gasteiger charge is -2.05. The first-order chi connectivity index (χ1) is 13.5. The van der Waals surface area contributed by atoms with Crippen molar-refractivity contribution in [2.45, 2.75) is 25.0 Å². The Bertz CT molecular complexity index is 1010. The first-order valence-corrected chi connectivity index (χ1v) is 10.8. The Labute approximate surface area is 172 Å². The molecule has 12 heteroatoms. The highest BCUT2D eigenvalue weighted by Gasteiger charge is 2.11. The number of nitrogens with zero attached hydrogens (tertiary/aromatic N) is 3. The molecule has 0 saturated heterocycles. The number of anilines is 1. The number of hydrogen-bond acceptors (Lipinski definition) is 9. The van der Waals surface area contributed by atoms with Crippen molar-refractivity contribution in [2.24, 2.45) is 0 Å². The van der Waals surface area contributed by atoms with Crippen molar-refractivity contribution >= 4 is 51.4 Å². The number of nitrogens with one attached hydrogen (secondary N) is 3. The molecule has 0 bridgehead atoms. The van der Waals surface area contributed by atoms with E-state index in [9.17, 15) is 14.4 Å². The zero-order valence-electron chi connectivity index (χ0n) is 14.7. The highest BCUT2D eigenvalue weighted by Crippen LogP contribution is 2.16. The molecule has 3 heterocycles. The number of aromatic amines is 1. The predicted octanol–water partition coefficient (Wildman–Crippen LogP) is 1.58. The van der Waals surface area contributed by atoms with Gasteiger partial charge in [-0.15, -0.1) is 21.5 Å². The molecule has 2 amide bonds. The maximum Gasteiger partial charge on any atom is 0.251 e. The third-order valence-corrected chi connectivity index (χ3v) is 5.77. The molecule has 0 fully saturated rings. The number of hydrogen-bond donors (Lipinski definition) is 3. The van der Waals surface area contributed by atoms with E-state index in [-0.39, 0.29) is 34.7 Å². The second-order valence-electron chi connectivity index (χ2n) is 5.54. The Kier molecular flexibility index (Phi) is 6.90. The summed E-state index contributed by atoms with van der Waals surface area (Å²) >= 11 is 3.89. The van der Waals surface area contributed by atoms with Crippen LogP contribution in [0.5, 0.6) is 0 Å². The molecule has 28 heavy (non-hydrogen) atoms. The zero-order valence-corrected chi connectivity index (χ0v) is 17.2. The Morgan fingerprint density at radius 3 is 2.86 bits per heavy atom. The molecule has 9 nitrogen and oxygen atoms in total. The summed E-state index contributed by atoms with van der Waals surface area (Å²) in [5.41, 5.74) is -0.0335. The minimum Gasteiger partial charge on any atom is -0.351 e. The van der Waals surface area contributed by atoms with E-state index in [4.69, 9.17) is 0 Å². The van der Waals surface area contributed by atoms with Crippen LogP contribution in [-0.2, 0) is 22.6 Å². The molecule has 3 aromatic rings. The Hall–Kier alpha value is -2.57. The van der Waals surface area contributed by atoms with Gasteiger partial charge in [0.2, 0.25) is 16.9 Å². The first kappa shape index (κ1) is 20.2. The monoisotopic (exact) mass is 436 g/mol. The van der Waals surface area contributed by atoms with Gasteiger partial charge in [-0.25, -0.2) is 4.98 Å². The number of carbonyl (C=O) groups is 2. The van der Waals surface area contributed by atoms with Gasteiger partial charge in [-0.3, -0.25) is 19.7 Å². The molecule has 0 aliphatic heterocycles. The fraction of sp³-hybridized carbons (Fsp3) is 0.250. The second-order valence-corrected chi connectivity index (χ2v) is 8.72. The van der Waals surface area contributed by atoms with Crippen LogP contribution in [0.2, 0.25) is 0 Å². The third-order valence-electron chi connectivity index (χ3n) is 3.27. The molecule has 0 atom stereocenters. The van der Waals surface area contributed by atoms with Crippen molar-refractivity contribution in [3.8, 4) is 0 Å². The van der Waals surface area contributed by atoms with Gasteiger partial charge in [0, 0.05) is 10.9 Å². The molecule has 0 radical (unpaired) electrons. The summed E-state index contributed by atoms with van der Waals surface area (Å²) in [5, 5.41) is 16.4. The number of amides is 2. The van der Waals surface area contributed by atoms with E-state index in [1.165, 1.54) is 17.4 Å². The molecule has 146 valence electrons. The van der Waals surface area contributed by atoms with Crippen LogP contribution in [0.3, 0.4) is 0 Å². The highest BCUT2D eigenvalue weighted by molar-refractivity contribution is 7.99. The van der Waals surface area contributed by atoms with Crippen LogP contribution in [0, 0.1) is 6.92 Å². The average Bonchev–Trinajstić information content (AvgIpc) is 3.29. The van der Waals surface area contributed by atoms with Crippen molar-refractivity contribution in [1.29, 1.82) is 0 Å². The van der Waals surface area contributed by atoms with Gasteiger partial charge in [0.1, 0.15) is 5.01 Å². The molecule has 0 spiro atoms. The summed E-state index contributed by atoms with van der Waals surface area (Å²) in [6.45, 7) is 2.23. The quantitative estimate of drug-likeness (QED) is 0.361. The first-order valence-electron chi connectivity index (χ1n) is 8.10. The minimum absolute atomic E-state index is 0.0148. The summed E-state index contributed by atoms with van der Waals surface area (Å²) in [6.07, 6.45) is -0.0148. The van der Waals surface area contributed by atoms with Crippen LogP contribution in [0.25, 0.3) is 0 Å². The molecule has 0 aliphatic carbocycles. The molecule has 0 saturated carbocycles. The van der Waals surface area contributed by atoms with Crippen molar-refractivity contribution in [1.82, 2.24) is 25.5 Å².